The molecule has 0 saturated carbocycles. The summed E-state index contributed by atoms with van der Waals surface area (Å²) in [5.74, 6) is -0.163. The maximum atomic E-state index is 13.6. The highest BCUT2D eigenvalue weighted by Gasteiger charge is 2.37. The Bertz CT molecular complexity index is 1370. The van der Waals surface area contributed by atoms with Gasteiger partial charge in [0.1, 0.15) is 11.5 Å². The van der Waals surface area contributed by atoms with Gasteiger partial charge in [-0.1, -0.05) is 12.1 Å². The van der Waals surface area contributed by atoms with E-state index in [1.165, 1.54) is 6.07 Å². The fraction of sp³-hybridized carbons (Fsp3) is 0.227. The van der Waals surface area contributed by atoms with E-state index in [0.717, 1.165) is 28.6 Å². The zero-order valence-electron chi connectivity index (χ0n) is 17.7. The van der Waals surface area contributed by atoms with Crippen molar-refractivity contribution in [3.63, 3.8) is 0 Å². The minimum atomic E-state index is -4.71. The molecule has 0 fully saturated rings. The fourth-order valence-electron chi connectivity index (χ4n) is 3.61. The predicted molar refractivity (Wildman–Crippen MR) is 113 cm³/mol. The van der Waals surface area contributed by atoms with Gasteiger partial charge in [0, 0.05) is 5.56 Å². The molecule has 0 aliphatic carbocycles. The second kappa shape index (κ2) is 7.90. The van der Waals surface area contributed by atoms with Crippen LogP contribution in [0.5, 0.6) is 0 Å². The Morgan fingerprint density at radius 2 is 1.53 bits per heavy atom. The Morgan fingerprint density at radius 3 is 2.12 bits per heavy atom. The molecule has 0 amide bonds. The number of fused-ring (bicyclic) bond motifs is 2. The third-order valence-electron chi connectivity index (χ3n) is 5.56. The van der Waals surface area contributed by atoms with E-state index in [4.69, 9.17) is 0 Å². The number of benzene rings is 2. The lowest BCUT2D eigenvalue weighted by atomic mass is 10.1. The number of hydrogen-bond donors (Lipinski definition) is 1. The zero-order chi connectivity index (χ0) is 25.1. The van der Waals surface area contributed by atoms with Crippen LogP contribution in [-0.4, -0.2) is 13.4 Å². The van der Waals surface area contributed by atoms with Crippen molar-refractivity contribution in [2.45, 2.75) is 37.6 Å². The first-order valence-electron chi connectivity index (χ1n) is 9.84. The molecular weight excluding hydrogens is 484 g/mol. The molecule has 0 bridgehead atoms. The van der Waals surface area contributed by atoms with E-state index in [9.17, 15) is 34.8 Å². The Kier molecular flexibility index (Phi) is 5.54. The maximum absolute atomic E-state index is 13.6. The van der Waals surface area contributed by atoms with E-state index in [-0.39, 0.29) is 29.3 Å². The van der Waals surface area contributed by atoms with Crippen LogP contribution in [0, 0.1) is 13.8 Å². The molecule has 180 valence electrons. The van der Waals surface area contributed by atoms with Gasteiger partial charge in [-0.25, -0.2) is 13.4 Å². The third-order valence-corrected chi connectivity index (χ3v) is 7.32. The molecule has 0 atom stereocenters. The van der Waals surface area contributed by atoms with E-state index in [0.29, 0.717) is 23.3 Å². The number of alkyl halides is 6. The SMILES string of the molecule is Cc1ccc2c(c1C)N(S(=O)(=O)c1ccc(C(F)(F)F)cc1)Cc1ccc(C(F)(F)F)nc1N2. The number of hydrogen-bond acceptors (Lipinski definition) is 4. The van der Waals surface area contributed by atoms with Crippen molar-refractivity contribution >= 4 is 27.2 Å². The van der Waals surface area contributed by atoms with Crippen LogP contribution in [0.25, 0.3) is 0 Å². The normalized spacial score (nSPS) is 14.2. The van der Waals surface area contributed by atoms with Crippen molar-refractivity contribution in [3.8, 4) is 0 Å². The summed E-state index contributed by atoms with van der Waals surface area (Å²) in [5, 5.41) is 2.80. The van der Waals surface area contributed by atoms with Gasteiger partial charge >= 0.3 is 12.4 Å². The molecule has 2 heterocycles. The molecule has 4 rings (SSSR count). The van der Waals surface area contributed by atoms with Crippen LogP contribution in [0.1, 0.15) is 27.9 Å². The van der Waals surface area contributed by atoms with Crippen molar-refractivity contribution in [3.05, 3.63) is 76.5 Å². The molecule has 0 spiro atoms. The van der Waals surface area contributed by atoms with Crippen LogP contribution >= 0.6 is 0 Å². The topological polar surface area (TPSA) is 62.3 Å². The second-order valence-electron chi connectivity index (χ2n) is 7.76. The molecule has 1 aliphatic heterocycles. The summed E-state index contributed by atoms with van der Waals surface area (Å²) in [4.78, 5) is 3.25. The maximum Gasteiger partial charge on any atom is 0.433 e. The largest absolute Gasteiger partial charge is 0.433 e. The van der Waals surface area contributed by atoms with Crippen LogP contribution in [0.2, 0.25) is 0 Å². The fourth-order valence-corrected chi connectivity index (χ4v) is 5.13. The minimum Gasteiger partial charge on any atom is -0.338 e. The Hall–Kier alpha value is -3.28. The first-order chi connectivity index (χ1) is 15.7. The highest BCUT2D eigenvalue weighted by Crippen LogP contribution is 2.42. The van der Waals surface area contributed by atoms with Crippen molar-refractivity contribution in [1.82, 2.24) is 4.98 Å². The van der Waals surface area contributed by atoms with Crippen LogP contribution in [0.15, 0.2) is 53.4 Å². The van der Waals surface area contributed by atoms with Crippen LogP contribution < -0.4 is 9.62 Å². The third kappa shape index (κ3) is 4.17. The second-order valence-corrected chi connectivity index (χ2v) is 9.63. The van der Waals surface area contributed by atoms with Gasteiger partial charge in [-0.3, -0.25) is 4.31 Å². The molecule has 12 heteroatoms. The molecule has 0 radical (unpaired) electrons. The first kappa shape index (κ1) is 23.9. The van der Waals surface area contributed by atoms with E-state index >= 15 is 0 Å². The summed E-state index contributed by atoms with van der Waals surface area (Å²) in [6.07, 6.45) is -9.35. The Morgan fingerprint density at radius 1 is 0.882 bits per heavy atom. The lowest BCUT2D eigenvalue weighted by molar-refractivity contribution is -0.141. The van der Waals surface area contributed by atoms with Gasteiger partial charge in [-0.05, 0) is 61.4 Å². The number of pyridine rings is 1. The van der Waals surface area contributed by atoms with Gasteiger partial charge in [0.25, 0.3) is 10.0 Å². The molecule has 34 heavy (non-hydrogen) atoms. The van der Waals surface area contributed by atoms with Gasteiger partial charge in [-0.15, -0.1) is 0 Å². The number of nitrogens with one attached hydrogen (secondary N) is 1. The van der Waals surface area contributed by atoms with E-state index in [1.54, 1.807) is 19.9 Å². The smallest absolute Gasteiger partial charge is 0.338 e. The lowest BCUT2D eigenvalue weighted by Crippen LogP contribution is -2.31. The number of sulfonamides is 1. The molecule has 1 aliphatic rings. The Balaban J connectivity index is 1.89. The minimum absolute atomic E-state index is 0.163. The van der Waals surface area contributed by atoms with Crippen molar-refractivity contribution in [1.29, 1.82) is 0 Å². The van der Waals surface area contributed by atoms with Crippen LogP contribution in [0.3, 0.4) is 0 Å². The quantitative estimate of drug-likeness (QED) is 0.426. The van der Waals surface area contributed by atoms with Crippen LogP contribution in [0.4, 0.5) is 43.5 Å². The van der Waals surface area contributed by atoms with Gasteiger partial charge in [0.15, 0.2) is 0 Å². The van der Waals surface area contributed by atoms with Gasteiger partial charge in [0.05, 0.1) is 28.4 Å². The highest BCUT2D eigenvalue weighted by atomic mass is 32.2. The average molecular weight is 501 g/mol. The number of aryl methyl sites for hydroxylation is 1. The molecule has 3 aromatic rings. The summed E-state index contributed by atoms with van der Waals surface area (Å²) in [6.45, 7) is 3.00. The monoisotopic (exact) mass is 501 g/mol. The number of anilines is 3. The standard InChI is InChI=1S/C22H17F6N3O2S/c1-12-3-9-17-19(13(12)2)31(11-14-4-10-18(22(26,27)28)30-20(14)29-17)34(32,33)16-7-5-15(6-8-16)21(23,24)25/h3-10H,11H2,1-2H3,(H,29,30). The lowest BCUT2D eigenvalue weighted by Gasteiger charge is -2.27. The number of nitrogens with zero attached hydrogens (tertiary/aromatic N) is 2. The summed E-state index contributed by atoms with van der Waals surface area (Å²) < 4.78 is 107. The molecular formula is C22H17F6N3O2S. The van der Waals surface area contributed by atoms with E-state index in [2.05, 4.69) is 10.3 Å². The van der Waals surface area contributed by atoms with E-state index in [1.807, 2.05) is 0 Å². The summed E-state index contributed by atoms with van der Waals surface area (Å²) >= 11 is 0. The predicted octanol–water partition coefficient (Wildman–Crippen LogP) is 6.19. The number of aromatic nitrogens is 1. The Labute approximate surface area is 191 Å². The van der Waals surface area contributed by atoms with E-state index < -0.39 is 38.5 Å². The van der Waals surface area contributed by atoms with Gasteiger partial charge in [-0.2, -0.15) is 26.3 Å². The summed E-state index contributed by atoms with van der Waals surface area (Å²) in [5.41, 5.74) is -0.381. The first-order valence-corrected chi connectivity index (χ1v) is 11.3. The van der Waals surface area contributed by atoms with Crippen LogP contribution in [-0.2, 0) is 28.9 Å². The summed E-state index contributed by atoms with van der Waals surface area (Å²) in [7, 11) is -4.41. The molecule has 1 aromatic heterocycles. The zero-order valence-corrected chi connectivity index (χ0v) is 18.5. The van der Waals surface area contributed by atoms with Gasteiger partial charge in [0.2, 0.25) is 0 Å². The molecule has 5 nitrogen and oxygen atoms in total. The molecule has 0 saturated heterocycles. The van der Waals surface area contributed by atoms with Crippen molar-refractivity contribution in [2.24, 2.45) is 0 Å². The van der Waals surface area contributed by atoms with Crippen molar-refractivity contribution < 1.29 is 34.8 Å². The van der Waals surface area contributed by atoms with Gasteiger partial charge < -0.3 is 5.32 Å². The molecule has 0 unspecified atom stereocenters. The molecule has 2 aromatic carbocycles. The summed E-state index contributed by atoms with van der Waals surface area (Å²) in [6, 6.07) is 8.10. The molecule has 1 N–H and O–H groups in total. The average Bonchev–Trinajstić information content (AvgIpc) is 2.92. The number of rotatable bonds is 2. The highest BCUT2D eigenvalue weighted by molar-refractivity contribution is 7.92. The van der Waals surface area contributed by atoms with Crippen molar-refractivity contribution in [2.75, 3.05) is 9.62 Å². The number of halogens is 6.